The number of aromatic nitrogens is 2. The van der Waals surface area contributed by atoms with E-state index >= 15 is 0 Å². The van der Waals surface area contributed by atoms with Crippen LogP contribution in [0.25, 0.3) is 22.5 Å². The fourth-order valence-corrected chi connectivity index (χ4v) is 8.25. The molecule has 1 aliphatic heterocycles. The lowest BCUT2D eigenvalue weighted by molar-refractivity contribution is -0.148. The molecule has 9 heteroatoms. The fourth-order valence-electron chi connectivity index (χ4n) is 7.28. The zero-order valence-corrected chi connectivity index (χ0v) is 30.3. The molecule has 0 radical (unpaired) electrons. The second-order valence-electron chi connectivity index (χ2n) is 14.9. The van der Waals surface area contributed by atoms with E-state index in [1.54, 1.807) is 6.07 Å². The number of carboxylic acids is 1. The first-order valence-electron chi connectivity index (χ1n) is 18.0. The Balaban J connectivity index is 1.14. The first kappa shape index (κ1) is 35.5. The van der Waals surface area contributed by atoms with Crippen LogP contribution in [-0.2, 0) is 21.4 Å². The number of aliphatic carboxylic acids is 1. The van der Waals surface area contributed by atoms with Crippen molar-refractivity contribution in [1.82, 2.24) is 20.2 Å². The van der Waals surface area contributed by atoms with E-state index in [4.69, 9.17) is 0 Å². The number of likely N-dealkylation sites (tertiary alicyclic amines) is 1. The third-order valence-corrected chi connectivity index (χ3v) is 11.9. The van der Waals surface area contributed by atoms with Crippen LogP contribution in [0.5, 0.6) is 0 Å². The van der Waals surface area contributed by atoms with Crippen molar-refractivity contribution in [1.29, 1.82) is 0 Å². The number of amides is 2. The van der Waals surface area contributed by atoms with Crippen LogP contribution in [0.3, 0.4) is 0 Å². The summed E-state index contributed by atoms with van der Waals surface area (Å²) in [6.45, 7) is 8.92. The van der Waals surface area contributed by atoms with E-state index in [-0.39, 0.29) is 23.7 Å². The van der Waals surface area contributed by atoms with E-state index in [1.807, 2.05) is 42.7 Å². The van der Waals surface area contributed by atoms with Crippen molar-refractivity contribution >= 4 is 29.1 Å². The molecular weight excluding hydrogens is 645 g/mol. The van der Waals surface area contributed by atoms with Gasteiger partial charge in [-0.05, 0) is 84.6 Å². The van der Waals surface area contributed by atoms with Crippen LogP contribution >= 0.6 is 11.3 Å². The van der Waals surface area contributed by atoms with Gasteiger partial charge in [0.25, 0.3) is 5.91 Å². The Hall–Kier alpha value is -4.37. The molecule has 8 nitrogen and oxygen atoms in total. The van der Waals surface area contributed by atoms with E-state index in [1.165, 1.54) is 53.9 Å². The Morgan fingerprint density at radius 3 is 2.14 bits per heavy atom. The van der Waals surface area contributed by atoms with Crippen LogP contribution in [0.15, 0.2) is 73.1 Å². The summed E-state index contributed by atoms with van der Waals surface area (Å²) in [6.07, 6.45) is 11.4. The number of nitrogens with one attached hydrogen (secondary N) is 1. The van der Waals surface area contributed by atoms with Crippen molar-refractivity contribution < 1.29 is 19.5 Å². The Morgan fingerprint density at radius 2 is 1.54 bits per heavy atom. The molecule has 2 atom stereocenters. The maximum atomic E-state index is 13.8. The van der Waals surface area contributed by atoms with Gasteiger partial charge in [0.05, 0.1) is 4.88 Å². The molecule has 2 aromatic heterocycles. The maximum absolute atomic E-state index is 13.8. The van der Waals surface area contributed by atoms with E-state index in [0.717, 1.165) is 33.0 Å². The Bertz CT molecular complexity index is 1790. The number of carboxylic acid groups (broad SMARTS) is 1. The number of benzene rings is 2. The highest BCUT2D eigenvalue weighted by Gasteiger charge is 2.38. The van der Waals surface area contributed by atoms with Crippen LogP contribution < -0.4 is 5.32 Å². The van der Waals surface area contributed by atoms with Gasteiger partial charge in [0.1, 0.15) is 12.1 Å². The van der Waals surface area contributed by atoms with Gasteiger partial charge in [0.2, 0.25) is 5.91 Å². The van der Waals surface area contributed by atoms with Crippen LogP contribution in [-0.4, -0.2) is 56.4 Å². The lowest BCUT2D eigenvalue weighted by Gasteiger charge is -2.28. The average Bonchev–Trinajstić information content (AvgIpc) is 3.83. The minimum atomic E-state index is -1.02. The van der Waals surface area contributed by atoms with Crippen molar-refractivity contribution in [2.75, 3.05) is 6.54 Å². The predicted molar refractivity (Wildman–Crippen MR) is 198 cm³/mol. The molecule has 1 saturated heterocycles. The summed E-state index contributed by atoms with van der Waals surface area (Å²) in [4.78, 5) is 51.4. The van der Waals surface area contributed by atoms with Crippen molar-refractivity contribution in [3.8, 4) is 22.5 Å². The monoisotopic (exact) mass is 692 g/mol. The van der Waals surface area contributed by atoms with Crippen molar-refractivity contribution in [3.05, 3.63) is 93.9 Å². The number of nitrogens with zero attached hydrogens (tertiary/aromatic N) is 3. The van der Waals surface area contributed by atoms with E-state index < -0.39 is 18.1 Å². The molecule has 50 heavy (non-hydrogen) atoms. The molecule has 3 heterocycles. The van der Waals surface area contributed by atoms with Gasteiger partial charge in [-0.3, -0.25) is 9.59 Å². The zero-order chi connectivity index (χ0) is 35.4. The number of rotatable bonds is 10. The number of carbonyl (C=O) groups is 3. The molecule has 2 amide bonds. The van der Waals surface area contributed by atoms with Gasteiger partial charge in [-0.25, -0.2) is 14.8 Å². The van der Waals surface area contributed by atoms with Gasteiger partial charge in [0, 0.05) is 41.4 Å². The third kappa shape index (κ3) is 8.15. The lowest BCUT2D eigenvalue weighted by Crippen LogP contribution is -2.52. The summed E-state index contributed by atoms with van der Waals surface area (Å²) in [5, 5.41) is 12.7. The normalized spacial score (nSPS) is 20.0. The Kier molecular flexibility index (Phi) is 10.8. The first-order valence-corrected chi connectivity index (χ1v) is 18.8. The molecule has 1 aliphatic carbocycles. The Morgan fingerprint density at radius 1 is 0.880 bits per heavy atom. The summed E-state index contributed by atoms with van der Waals surface area (Å²) in [5.74, 6) is 0.399. The van der Waals surface area contributed by atoms with Crippen LogP contribution in [0.4, 0.5) is 0 Å². The van der Waals surface area contributed by atoms with Gasteiger partial charge in [-0.15, -0.1) is 11.3 Å². The van der Waals surface area contributed by atoms with Gasteiger partial charge in [-0.1, -0.05) is 82.6 Å². The quantitative estimate of drug-likeness (QED) is 0.173. The smallest absolute Gasteiger partial charge is 0.326 e. The molecule has 0 bridgehead atoms. The predicted octanol–water partition coefficient (Wildman–Crippen LogP) is 8.27. The van der Waals surface area contributed by atoms with Gasteiger partial charge >= 0.3 is 5.97 Å². The van der Waals surface area contributed by atoms with Gasteiger partial charge < -0.3 is 15.3 Å². The average molecular weight is 693 g/mol. The molecular formula is C41H48N4O4S. The molecule has 2 fully saturated rings. The largest absolute Gasteiger partial charge is 0.480 e. The summed E-state index contributed by atoms with van der Waals surface area (Å²) in [7, 11) is 0. The van der Waals surface area contributed by atoms with Crippen molar-refractivity contribution in [3.63, 3.8) is 0 Å². The molecule has 1 unspecified atom stereocenters. The topological polar surface area (TPSA) is 112 Å². The van der Waals surface area contributed by atoms with Crippen LogP contribution in [0, 0.1) is 5.92 Å². The number of thiophene rings is 1. The molecule has 2 aliphatic rings. The SMILES string of the molecule is CC[C@H]1CC[C@H](c2ccc(-c3cnc(-c4ccc(CC(NC(=O)c5ccc(C(C)(C)C)s5)C(=O)N5CCC[C@H]5C(=O)O)cc4)nc3)cc2)CC1. The standard InChI is InChI=1S/C41H48N4O4S/c1-5-26-8-12-28(13-9-26)29-16-18-30(19-17-29)32-24-42-37(43-25-32)31-14-10-27(11-15-31)23-33(39(47)45-22-6-7-34(45)40(48)49)44-38(46)35-20-21-36(50-35)41(2,3)4/h10-11,14-21,24-26,28,33-34H,5-9,12-13,22-23H2,1-4H3,(H,44,46)(H,48,49)/t26-,28-,33?,34-/m0/s1. The van der Waals surface area contributed by atoms with Crippen LogP contribution in [0.2, 0.25) is 0 Å². The van der Waals surface area contributed by atoms with Gasteiger partial charge in [0.15, 0.2) is 5.82 Å². The summed E-state index contributed by atoms with van der Waals surface area (Å²) in [6, 6.07) is 18.4. The number of hydrogen-bond acceptors (Lipinski definition) is 6. The highest BCUT2D eigenvalue weighted by molar-refractivity contribution is 7.14. The highest BCUT2D eigenvalue weighted by atomic mass is 32.1. The minimum Gasteiger partial charge on any atom is -0.480 e. The first-order chi connectivity index (χ1) is 24.0. The van der Waals surface area contributed by atoms with Gasteiger partial charge in [-0.2, -0.15) is 0 Å². The lowest BCUT2D eigenvalue weighted by atomic mass is 9.78. The summed E-state index contributed by atoms with van der Waals surface area (Å²) < 4.78 is 0. The third-order valence-electron chi connectivity index (χ3n) is 10.4. The van der Waals surface area contributed by atoms with E-state index in [2.05, 4.69) is 67.2 Å². The number of hydrogen-bond donors (Lipinski definition) is 2. The molecule has 2 N–H and O–H groups in total. The molecule has 2 aromatic carbocycles. The fraction of sp³-hybridized carbons (Fsp3) is 0.439. The molecule has 0 spiro atoms. The van der Waals surface area contributed by atoms with Crippen LogP contribution in [0.1, 0.15) is 104 Å². The van der Waals surface area contributed by atoms with E-state index in [9.17, 15) is 19.5 Å². The zero-order valence-electron chi connectivity index (χ0n) is 29.5. The highest BCUT2D eigenvalue weighted by Crippen LogP contribution is 2.37. The van der Waals surface area contributed by atoms with E-state index in [0.29, 0.717) is 36.0 Å². The molecule has 262 valence electrons. The summed E-state index contributed by atoms with van der Waals surface area (Å²) in [5.41, 5.74) is 5.05. The second-order valence-corrected chi connectivity index (χ2v) is 16.0. The Labute approximate surface area is 299 Å². The number of carbonyl (C=O) groups excluding carboxylic acids is 2. The molecule has 6 rings (SSSR count). The molecule has 1 saturated carbocycles. The minimum absolute atomic E-state index is 0.104. The van der Waals surface area contributed by atoms with Crippen molar-refractivity contribution in [2.24, 2.45) is 5.92 Å². The molecule has 4 aromatic rings. The second kappa shape index (κ2) is 15.3. The summed E-state index contributed by atoms with van der Waals surface area (Å²) >= 11 is 1.41. The maximum Gasteiger partial charge on any atom is 0.326 e. The van der Waals surface area contributed by atoms with Crippen molar-refractivity contribution in [2.45, 2.75) is 102 Å².